The molecule has 1 N–H and O–H groups in total. The Kier molecular flexibility index (Phi) is 4.93. The van der Waals surface area contributed by atoms with E-state index in [0.29, 0.717) is 5.92 Å². The van der Waals surface area contributed by atoms with E-state index in [1.165, 1.54) is 6.07 Å². The van der Waals surface area contributed by atoms with Gasteiger partial charge in [0, 0.05) is 22.6 Å². The van der Waals surface area contributed by atoms with E-state index in [1.807, 2.05) is 0 Å². The van der Waals surface area contributed by atoms with Gasteiger partial charge in [0.2, 0.25) is 0 Å². The molecular formula is C12H17BrN2O2. The molecule has 0 amide bonds. The molecule has 0 aromatic heterocycles. The van der Waals surface area contributed by atoms with Crippen LogP contribution in [0.4, 0.5) is 11.4 Å². The van der Waals surface area contributed by atoms with Crippen LogP contribution in [0.25, 0.3) is 0 Å². The van der Waals surface area contributed by atoms with Gasteiger partial charge >= 0.3 is 0 Å². The number of nitrogens with one attached hydrogen (secondary N) is 1. The summed E-state index contributed by atoms with van der Waals surface area (Å²) >= 11 is 3.39. The Morgan fingerprint density at radius 2 is 2.06 bits per heavy atom. The van der Waals surface area contributed by atoms with Gasteiger partial charge in [-0.2, -0.15) is 0 Å². The first-order chi connectivity index (χ1) is 7.90. The summed E-state index contributed by atoms with van der Waals surface area (Å²) in [5.41, 5.74) is 0.875. The third kappa shape index (κ3) is 4.34. The summed E-state index contributed by atoms with van der Waals surface area (Å²) in [4.78, 5) is 10.3. The Bertz CT molecular complexity index is 407. The monoisotopic (exact) mass is 300 g/mol. The van der Waals surface area contributed by atoms with Crippen molar-refractivity contribution in [1.82, 2.24) is 0 Å². The maximum Gasteiger partial charge on any atom is 0.271 e. The highest BCUT2D eigenvalue weighted by Gasteiger charge is 2.12. The molecule has 0 radical (unpaired) electrons. The standard InChI is InChI=1S/C12H17BrN2O2/c1-8(2)6-9(3)14-12-7-10(15(16)17)4-5-11(12)13/h4-5,7-9,14H,6H2,1-3H3. The Balaban J connectivity index is 2.82. The van der Waals surface area contributed by atoms with Gasteiger partial charge in [0.25, 0.3) is 5.69 Å². The van der Waals surface area contributed by atoms with Gasteiger partial charge in [0.15, 0.2) is 0 Å². The third-order valence-corrected chi connectivity index (χ3v) is 3.08. The molecule has 0 aliphatic heterocycles. The average Bonchev–Trinajstić information content (AvgIpc) is 2.19. The van der Waals surface area contributed by atoms with Crippen LogP contribution in [0.3, 0.4) is 0 Å². The number of anilines is 1. The molecule has 0 aliphatic rings. The number of benzene rings is 1. The van der Waals surface area contributed by atoms with E-state index >= 15 is 0 Å². The van der Waals surface area contributed by atoms with Crippen molar-refractivity contribution in [1.29, 1.82) is 0 Å². The Labute approximate surface area is 110 Å². The highest BCUT2D eigenvalue weighted by Crippen LogP contribution is 2.28. The number of non-ortho nitro benzene ring substituents is 1. The molecule has 17 heavy (non-hydrogen) atoms. The number of hydrogen-bond acceptors (Lipinski definition) is 3. The van der Waals surface area contributed by atoms with Gasteiger partial charge in [0.05, 0.1) is 10.6 Å². The van der Waals surface area contributed by atoms with Crippen LogP contribution in [0.5, 0.6) is 0 Å². The minimum Gasteiger partial charge on any atom is -0.381 e. The molecule has 0 fully saturated rings. The topological polar surface area (TPSA) is 55.2 Å². The van der Waals surface area contributed by atoms with E-state index in [2.05, 4.69) is 42.0 Å². The molecular weight excluding hydrogens is 284 g/mol. The molecule has 1 aromatic carbocycles. The maximum atomic E-state index is 10.7. The van der Waals surface area contributed by atoms with E-state index < -0.39 is 0 Å². The number of halogens is 1. The van der Waals surface area contributed by atoms with Crippen LogP contribution in [0.2, 0.25) is 0 Å². The molecule has 1 rings (SSSR count). The van der Waals surface area contributed by atoms with Crippen LogP contribution in [0, 0.1) is 16.0 Å². The predicted molar refractivity (Wildman–Crippen MR) is 73.3 cm³/mol. The second-order valence-corrected chi connectivity index (χ2v) is 5.45. The van der Waals surface area contributed by atoms with E-state index in [0.717, 1.165) is 16.6 Å². The zero-order chi connectivity index (χ0) is 13.0. The Morgan fingerprint density at radius 1 is 1.41 bits per heavy atom. The molecule has 1 aromatic rings. The van der Waals surface area contributed by atoms with E-state index in [-0.39, 0.29) is 16.7 Å². The lowest BCUT2D eigenvalue weighted by atomic mass is 10.1. The average molecular weight is 301 g/mol. The Hall–Kier alpha value is -1.10. The quantitative estimate of drug-likeness (QED) is 0.655. The van der Waals surface area contributed by atoms with Crippen molar-refractivity contribution in [2.45, 2.75) is 33.2 Å². The van der Waals surface area contributed by atoms with Crippen LogP contribution >= 0.6 is 15.9 Å². The van der Waals surface area contributed by atoms with Gasteiger partial charge in [0.1, 0.15) is 0 Å². The zero-order valence-electron chi connectivity index (χ0n) is 10.2. The lowest BCUT2D eigenvalue weighted by Gasteiger charge is -2.18. The van der Waals surface area contributed by atoms with E-state index in [4.69, 9.17) is 0 Å². The third-order valence-electron chi connectivity index (χ3n) is 2.39. The van der Waals surface area contributed by atoms with Gasteiger partial charge in [-0.15, -0.1) is 0 Å². The molecule has 0 saturated heterocycles. The lowest BCUT2D eigenvalue weighted by molar-refractivity contribution is -0.384. The van der Waals surface area contributed by atoms with Crippen molar-refractivity contribution in [3.05, 3.63) is 32.8 Å². The molecule has 0 heterocycles. The minimum atomic E-state index is -0.384. The fourth-order valence-electron chi connectivity index (χ4n) is 1.77. The van der Waals surface area contributed by atoms with Crippen molar-refractivity contribution in [3.8, 4) is 0 Å². The van der Waals surface area contributed by atoms with Gasteiger partial charge in [-0.25, -0.2) is 0 Å². The maximum absolute atomic E-state index is 10.7. The highest BCUT2D eigenvalue weighted by atomic mass is 79.9. The normalized spacial score (nSPS) is 12.5. The summed E-state index contributed by atoms with van der Waals surface area (Å²) in [6.07, 6.45) is 1.02. The van der Waals surface area contributed by atoms with Crippen LogP contribution in [-0.4, -0.2) is 11.0 Å². The first kappa shape index (κ1) is 14.0. The molecule has 0 spiro atoms. The van der Waals surface area contributed by atoms with Crippen molar-refractivity contribution in [2.75, 3.05) is 5.32 Å². The van der Waals surface area contributed by atoms with Gasteiger partial charge in [-0.05, 0) is 41.3 Å². The van der Waals surface area contributed by atoms with Crippen molar-refractivity contribution in [2.24, 2.45) is 5.92 Å². The van der Waals surface area contributed by atoms with Crippen molar-refractivity contribution in [3.63, 3.8) is 0 Å². The lowest BCUT2D eigenvalue weighted by Crippen LogP contribution is -2.17. The smallest absolute Gasteiger partial charge is 0.271 e. The van der Waals surface area contributed by atoms with Crippen molar-refractivity contribution < 1.29 is 4.92 Å². The van der Waals surface area contributed by atoms with Gasteiger partial charge in [-0.3, -0.25) is 10.1 Å². The van der Waals surface area contributed by atoms with Crippen LogP contribution in [0.15, 0.2) is 22.7 Å². The van der Waals surface area contributed by atoms with Gasteiger partial charge < -0.3 is 5.32 Å². The number of nitrogens with zero attached hydrogens (tertiary/aromatic N) is 1. The van der Waals surface area contributed by atoms with Crippen LogP contribution < -0.4 is 5.32 Å². The largest absolute Gasteiger partial charge is 0.381 e. The predicted octanol–water partition coefficient (Wildman–Crippen LogP) is 4.20. The summed E-state index contributed by atoms with van der Waals surface area (Å²) in [6.45, 7) is 6.38. The molecule has 94 valence electrons. The summed E-state index contributed by atoms with van der Waals surface area (Å²) < 4.78 is 0.846. The Morgan fingerprint density at radius 3 is 2.59 bits per heavy atom. The number of hydrogen-bond donors (Lipinski definition) is 1. The fraction of sp³-hybridized carbons (Fsp3) is 0.500. The molecule has 0 bridgehead atoms. The number of rotatable bonds is 5. The summed E-state index contributed by atoms with van der Waals surface area (Å²) in [7, 11) is 0. The summed E-state index contributed by atoms with van der Waals surface area (Å²) in [5.74, 6) is 0.593. The second kappa shape index (κ2) is 6.00. The SMILES string of the molecule is CC(C)CC(C)Nc1cc([N+](=O)[O-])ccc1Br. The first-order valence-electron chi connectivity index (χ1n) is 5.60. The first-order valence-corrected chi connectivity index (χ1v) is 6.40. The fourth-order valence-corrected chi connectivity index (χ4v) is 2.13. The van der Waals surface area contributed by atoms with E-state index in [1.54, 1.807) is 12.1 Å². The summed E-state index contributed by atoms with van der Waals surface area (Å²) in [6, 6.07) is 5.03. The van der Waals surface area contributed by atoms with Crippen LogP contribution in [-0.2, 0) is 0 Å². The highest BCUT2D eigenvalue weighted by molar-refractivity contribution is 9.10. The molecule has 0 saturated carbocycles. The number of nitro benzene ring substituents is 1. The number of nitro groups is 1. The molecule has 1 unspecified atom stereocenters. The molecule has 1 atom stereocenters. The second-order valence-electron chi connectivity index (χ2n) is 4.60. The minimum absolute atomic E-state index is 0.104. The summed E-state index contributed by atoms with van der Waals surface area (Å²) in [5, 5.41) is 14.0. The molecule has 4 nitrogen and oxygen atoms in total. The van der Waals surface area contributed by atoms with E-state index in [9.17, 15) is 10.1 Å². The zero-order valence-corrected chi connectivity index (χ0v) is 11.8. The van der Waals surface area contributed by atoms with Crippen LogP contribution in [0.1, 0.15) is 27.2 Å². The van der Waals surface area contributed by atoms with Gasteiger partial charge in [-0.1, -0.05) is 13.8 Å². The molecule has 5 heteroatoms. The molecule has 0 aliphatic carbocycles. The van der Waals surface area contributed by atoms with Crippen molar-refractivity contribution >= 4 is 27.3 Å².